The fraction of sp³-hybridized carbons (Fsp3) is 0.750. The zero-order valence-corrected chi connectivity index (χ0v) is 25.5. The molecule has 2 N–H and O–H groups in total. The first-order valence-electron chi connectivity index (χ1n) is 15.7. The molecule has 2 heterocycles. The number of aliphatic hydroxyl groups is 1. The third kappa shape index (κ3) is 6.75. The highest BCUT2D eigenvalue weighted by Gasteiger charge is 2.73. The molecule has 1 saturated heterocycles. The first-order chi connectivity index (χ1) is 21.1. The summed E-state index contributed by atoms with van der Waals surface area (Å²) in [7, 11) is 1.65. The van der Waals surface area contributed by atoms with Gasteiger partial charge in [-0.1, -0.05) is 12.1 Å². The molecule has 0 amide bonds. The highest BCUT2D eigenvalue weighted by Crippen LogP contribution is 2.65. The lowest BCUT2D eigenvalue weighted by molar-refractivity contribution is -0.215. The van der Waals surface area contributed by atoms with E-state index in [4.69, 9.17) is 37.9 Å². The molecule has 2 bridgehead atoms. The Balaban J connectivity index is 0.995. The zero-order valence-electron chi connectivity index (χ0n) is 25.5. The molecule has 242 valence electrons. The van der Waals surface area contributed by atoms with Crippen molar-refractivity contribution in [1.82, 2.24) is 4.90 Å². The van der Waals surface area contributed by atoms with Crippen molar-refractivity contribution in [3.8, 4) is 11.5 Å². The summed E-state index contributed by atoms with van der Waals surface area (Å²) in [5.74, 6) is 0.664. The molecule has 43 heavy (non-hydrogen) atoms. The van der Waals surface area contributed by atoms with Gasteiger partial charge in [0.2, 0.25) is 0 Å². The van der Waals surface area contributed by atoms with Gasteiger partial charge in [-0.05, 0) is 43.9 Å². The molecule has 0 radical (unpaired) electrons. The Kier molecular flexibility index (Phi) is 11.7. The van der Waals surface area contributed by atoms with E-state index in [9.17, 15) is 10.2 Å². The van der Waals surface area contributed by atoms with E-state index in [1.165, 1.54) is 0 Å². The minimum Gasteiger partial charge on any atom is -0.504 e. The number of methoxy groups -OCH3 is 1. The molecule has 0 aromatic heterocycles. The van der Waals surface area contributed by atoms with Gasteiger partial charge in [-0.25, -0.2) is 0 Å². The van der Waals surface area contributed by atoms with Crippen LogP contribution >= 0.6 is 0 Å². The van der Waals surface area contributed by atoms with Crippen LogP contribution in [-0.4, -0.2) is 138 Å². The van der Waals surface area contributed by atoms with E-state index in [2.05, 4.69) is 11.5 Å². The maximum absolute atomic E-state index is 12.4. The normalized spacial score (nSPS) is 28.9. The smallest absolute Gasteiger partial charge is 0.165 e. The molecule has 4 aliphatic rings. The molecule has 2 fully saturated rings. The average Bonchev–Trinajstić information content (AvgIpc) is 3.36. The number of benzene rings is 1. The van der Waals surface area contributed by atoms with E-state index in [0.29, 0.717) is 97.9 Å². The Morgan fingerprint density at radius 3 is 2.12 bits per heavy atom. The summed E-state index contributed by atoms with van der Waals surface area (Å²) in [6.07, 6.45) is 4.14. The number of phenols is 1. The first kappa shape index (κ1) is 32.6. The second-order valence-electron chi connectivity index (χ2n) is 11.6. The first-order valence-corrected chi connectivity index (χ1v) is 15.7. The van der Waals surface area contributed by atoms with Crippen molar-refractivity contribution in [3.05, 3.63) is 35.9 Å². The van der Waals surface area contributed by atoms with Crippen LogP contribution in [0.5, 0.6) is 11.5 Å². The molecule has 1 spiro atoms. The number of nitrogens with zero attached hydrogens (tertiary/aromatic N) is 1. The Labute approximate surface area is 254 Å². The van der Waals surface area contributed by atoms with Crippen LogP contribution in [0.3, 0.4) is 0 Å². The molecule has 1 aromatic carbocycles. The monoisotopic (exact) mass is 607 g/mol. The standard InChI is InChI=1S/C32H49NO10/c1-3-9-33-10-8-31-28-24-4-5-25(34)29(28)43-30(31)26(6-7-32(31,35)27(33)23-24)42-22-21-41-20-19-40-18-17-39-16-15-38-14-13-37-12-11-36-2/h3-5,26-27,30,34-35H,1,6-23H2,2H3/t26-,27-,30+,31+,32-/m1/s1. The number of aromatic hydroxyl groups is 1. The van der Waals surface area contributed by atoms with Gasteiger partial charge in [0.1, 0.15) is 6.10 Å². The fourth-order valence-electron chi connectivity index (χ4n) is 7.52. The van der Waals surface area contributed by atoms with Gasteiger partial charge in [-0.3, -0.25) is 4.90 Å². The lowest BCUT2D eigenvalue weighted by atomic mass is 9.48. The Hall–Kier alpha value is -1.80. The van der Waals surface area contributed by atoms with Gasteiger partial charge in [0, 0.05) is 25.3 Å². The van der Waals surface area contributed by atoms with E-state index in [0.717, 1.165) is 37.1 Å². The molecule has 11 nitrogen and oxygen atoms in total. The maximum Gasteiger partial charge on any atom is 0.165 e. The molecular formula is C32H49NO10. The number of ether oxygens (including phenoxy) is 8. The van der Waals surface area contributed by atoms with Crippen LogP contribution in [0.4, 0.5) is 0 Å². The van der Waals surface area contributed by atoms with Crippen molar-refractivity contribution >= 4 is 0 Å². The topological polar surface area (TPSA) is 118 Å². The van der Waals surface area contributed by atoms with E-state index in [1.54, 1.807) is 13.2 Å². The van der Waals surface area contributed by atoms with Crippen molar-refractivity contribution < 1.29 is 48.1 Å². The summed E-state index contributed by atoms with van der Waals surface area (Å²) in [5.41, 5.74) is 0.604. The van der Waals surface area contributed by atoms with Crippen LogP contribution in [0, 0.1) is 0 Å². The molecule has 2 aliphatic heterocycles. The molecule has 2 aliphatic carbocycles. The van der Waals surface area contributed by atoms with Crippen LogP contribution in [-0.2, 0) is 45.0 Å². The van der Waals surface area contributed by atoms with Crippen molar-refractivity contribution in [1.29, 1.82) is 0 Å². The van der Waals surface area contributed by atoms with E-state index >= 15 is 0 Å². The lowest BCUT2D eigenvalue weighted by Gasteiger charge is -2.64. The number of phenolic OH excluding ortho intramolecular Hbond substituents is 1. The van der Waals surface area contributed by atoms with Gasteiger partial charge in [0.05, 0.1) is 96.4 Å². The van der Waals surface area contributed by atoms with Gasteiger partial charge in [-0.2, -0.15) is 0 Å². The second-order valence-corrected chi connectivity index (χ2v) is 11.6. The largest absolute Gasteiger partial charge is 0.504 e. The van der Waals surface area contributed by atoms with Crippen LogP contribution < -0.4 is 4.74 Å². The molecule has 5 rings (SSSR count). The average molecular weight is 608 g/mol. The van der Waals surface area contributed by atoms with E-state index < -0.39 is 11.0 Å². The number of rotatable bonds is 21. The van der Waals surface area contributed by atoms with Gasteiger partial charge < -0.3 is 48.1 Å². The summed E-state index contributed by atoms with van der Waals surface area (Å²) >= 11 is 0. The van der Waals surface area contributed by atoms with Crippen molar-refractivity contribution in [2.45, 2.75) is 54.9 Å². The van der Waals surface area contributed by atoms with Crippen molar-refractivity contribution in [2.75, 3.05) is 99.5 Å². The van der Waals surface area contributed by atoms with Crippen LogP contribution in [0.25, 0.3) is 0 Å². The highest BCUT2D eigenvalue weighted by atomic mass is 16.6. The maximum atomic E-state index is 12.4. The fourth-order valence-corrected chi connectivity index (χ4v) is 7.52. The predicted molar refractivity (Wildman–Crippen MR) is 158 cm³/mol. The quantitative estimate of drug-likeness (QED) is 0.158. The minimum atomic E-state index is -0.950. The lowest BCUT2D eigenvalue weighted by Crippen LogP contribution is -2.77. The third-order valence-electron chi connectivity index (χ3n) is 9.36. The van der Waals surface area contributed by atoms with Gasteiger partial charge in [-0.15, -0.1) is 6.58 Å². The molecule has 1 aromatic rings. The van der Waals surface area contributed by atoms with Crippen molar-refractivity contribution in [2.24, 2.45) is 0 Å². The van der Waals surface area contributed by atoms with Crippen LogP contribution in [0.1, 0.15) is 30.4 Å². The zero-order chi connectivity index (χ0) is 30.1. The summed E-state index contributed by atoms with van der Waals surface area (Å²) in [4.78, 5) is 2.35. The number of piperidine rings is 1. The van der Waals surface area contributed by atoms with Crippen LogP contribution in [0.15, 0.2) is 24.8 Å². The summed E-state index contributed by atoms with van der Waals surface area (Å²) in [5, 5.41) is 23.1. The summed E-state index contributed by atoms with van der Waals surface area (Å²) in [6.45, 7) is 11.6. The number of hydrogen-bond donors (Lipinski definition) is 2. The third-order valence-corrected chi connectivity index (χ3v) is 9.36. The van der Waals surface area contributed by atoms with Crippen LogP contribution in [0.2, 0.25) is 0 Å². The molecule has 11 heteroatoms. The van der Waals surface area contributed by atoms with Gasteiger partial charge in [0.25, 0.3) is 0 Å². The molecule has 1 saturated carbocycles. The minimum absolute atomic E-state index is 0.0205. The number of hydrogen-bond acceptors (Lipinski definition) is 11. The van der Waals surface area contributed by atoms with E-state index in [1.807, 2.05) is 12.1 Å². The molecular weight excluding hydrogens is 558 g/mol. The molecule has 5 atom stereocenters. The Morgan fingerprint density at radius 1 is 0.907 bits per heavy atom. The Bertz CT molecular complexity index is 1040. The predicted octanol–water partition coefficient (Wildman–Crippen LogP) is 1.85. The number of likely N-dealkylation sites (tertiary alicyclic amines) is 1. The highest BCUT2D eigenvalue weighted by molar-refractivity contribution is 5.62. The van der Waals surface area contributed by atoms with Crippen molar-refractivity contribution in [3.63, 3.8) is 0 Å². The SMILES string of the molecule is C=CCN1CC[C@]23c4c5ccc(O)c4O[C@H]2[C@H](OCCOCCOCCOCCOCCOCCOC)CC[C@@]3(O)[C@H]1C5. The summed E-state index contributed by atoms with van der Waals surface area (Å²) < 4.78 is 45.4. The van der Waals surface area contributed by atoms with E-state index in [-0.39, 0.29) is 24.0 Å². The van der Waals surface area contributed by atoms with Gasteiger partial charge >= 0.3 is 0 Å². The second kappa shape index (κ2) is 15.5. The Morgan fingerprint density at radius 2 is 1.51 bits per heavy atom. The molecule has 0 unspecified atom stereocenters. The van der Waals surface area contributed by atoms with Gasteiger partial charge in [0.15, 0.2) is 11.5 Å². The summed E-state index contributed by atoms with van der Waals surface area (Å²) in [6, 6.07) is 3.69.